The van der Waals surface area contributed by atoms with Gasteiger partial charge in [0.2, 0.25) is 0 Å². The second kappa shape index (κ2) is 8.95. The molecule has 0 atom stereocenters. The average Bonchev–Trinajstić information content (AvgIpc) is 3.40. The molecule has 0 aliphatic carbocycles. The number of para-hydroxylation sites is 2. The van der Waals surface area contributed by atoms with Gasteiger partial charge in [0.05, 0.1) is 11.0 Å². The summed E-state index contributed by atoms with van der Waals surface area (Å²) in [7, 11) is 0. The Balaban J connectivity index is 1.28. The summed E-state index contributed by atoms with van der Waals surface area (Å²) >= 11 is 0. The van der Waals surface area contributed by atoms with E-state index in [1.165, 1.54) is 60.4 Å². The van der Waals surface area contributed by atoms with Gasteiger partial charge in [-0.25, -0.2) is 0 Å². The van der Waals surface area contributed by atoms with E-state index >= 15 is 0 Å². The molecule has 0 saturated carbocycles. The van der Waals surface area contributed by atoms with Crippen LogP contribution < -0.4 is 4.74 Å². The van der Waals surface area contributed by atoms with Gasteiger partial charge < -0.3 is 9.30 Å². The number of aromatic nitrogens is 1. The van der Waals surface area contributed by atoms with E-state index in [0.29, 0.717) is 0 Å². The highest BCUT2D eigenvalue weighted by Crippen LogP contribution is 2.50. The first-order chi connectivity index (χ1) is 20.8. The highest BCUT2D eigenvalue weighted by molar-refractivity contribution is 6.16. The fraction of sp³-hybridized carbons (Fsp3) is 0. The zero-order chi connectivity index (χ0) is 27.6. The largest absolute Gasteiger partial charge is 0.456 e. The Morgan fingerprint density at radius 3 is 1.95 bits per heavy atom. The molecule has 9 rings (SSSR count). The number of hydrogen-bond acceptors (Lipinski definition) is 1. The Bertz CT molecular complexity index is 2310. The average molecular weight is 536 g/mol. The lowest BCUT2D eigenvalue weighted by Gasteiger charge is -2.23. The Morgan fingerprint density at radius 1 is 0.381 bits per heavy atom. The number of nitrogens with zero attached hydrogens (tertiary/aromatic N) is 1. The molecule has 0 spiro atoms. The maximum atomic E-state index is 6.55. The van der Waals surface area contributed by atoms with Crippen LogP contribution >= 0.6 is 0 Å². The molecule has 0 amide bonds. The molecule has 2 nitrogen and oxygen atoms in total. The minimum Gasteiger partial charge on any atom is -0.456 e. The fourth-order valence-electron chi connectivity index (χ4n) is 6.78. The van der Waals surface area contributed by atoms with Gasteiger partial charge >= 0.3 is 0 Å². The normalized spacial score (nSPS) is 12.0. The second-order valence-electron chi connectivity index (χ2n) is 10.9. The zero-order valence-corrected chi connectivity index (χ0v) is 22.8. The van der Waals surface area contributed by atoms with Gasteiger partial charge in [-0.05, 0) is 75.7 Å². The fourth-order valence-corrected chi connectivity index (χ4v) is 6.78. The Labute approximate surface area is 243 Å². The van der Waals surface area contributed by atoms with Crippen LogP contribution in [0.3, 0.4) is 0 Å². The maximum absolute atomic E-state index is 6.55. The van der Waals surface area contributed by atoms with E-state index in [1.807, 2.05) is 0 Å². The molecule has 2 heteroatoms. The smallest absolute Gasteiger partial charge is 0.135 e. The van der Waals surface area contributed by atoms with Gasteiger partial charge in [-0.2, -0.15) is 0 Å². The molecule has 0 unspecified atom stereocenters. The van der Waals surface area contributed by atoms with Crippen LogP contribution in [-0.2, 0) is 0 Å². The number of fused-ring (bicyclic) bond motifs is 5. The molecular weight excluding hydrogens is 510 g/mol. The van der Waals surface area contributed by atoms with Crippen LogP contribution in [0.1, 0.15) is 0 Å². The first-order valence-electron chi connectivity index (χ1n) is 14.4. The van der Waals surface area contributed by atoms with E-state index in [2.05, 4.69) is 156 Å². The van der Waals surface area contributed by atoms with Crippen molar-refractivity contribution in [3.05, 3.63) is 152 Å². The molecule has 1 aliphatic heterocycles. The minimum atomic E-state index is 0.894. The van der Waals surface area contributed by atoms with Crippen molar-refractivity contribution in [1.82, 2.24) is 4.57 Å². The van der Waals surface area contributed by atoms with Crippen molar-refractivity contribution in [1.29, 1.82) is 0 Å². The summed E-state index contributed by atoms with van der Waals surface area (Å²) in [6.45, 7) is 0. The maximum Gasteiger partial charge on any atom is 0.135 e. The van der Waals surface area contributed by atoms with Crippen LogP contribution in [0.5, 0.6) is 11.5 Å². The van der Waals surface area contributed by atoms with Crippen molar-refractivity contribution in [2.45, 2.75) is 0 Å². The van der Waals surface area contributed by atoms with Crippen molar-refractivity contribution in [2.24, 2.45) is 0 Å². The van der Waals surface area contributed by atoms with Crippen molar-refractivity contribution >= 4 is 32.6 Å². The molecule has 0 N–H and O–H groups in total. The molecule has 0 saturated heterocycles. The highest BCUT2D eigenvalue weighted by atomic mass is 16.5. The van der Waals surface area contributed by atoms with Gasteiger partial charge in [0.15, 0.2) is 0 Å². The third kappa shape index (κ3) is 3.33. The topological polar surface area (TPSA) is 14.2 Å². The van der Waals surface area contributed by atoms with E-state index in [-0.39, 0.29) is 0 Å². The van der Waals surface area contributed by atoms with Crippen molar-refractivity contribution < 1.29 is 4.74 Å². The van der Waals surface area contributed by atoms with Crippen molar-refractivity contribution in [2.75, 3.05) is 0 Å². The molecule has 1 aromatic heterocycles. The molecule has 1 aliphatic rings. The van der Waals surface area contributed by atoms with E-state index in [4.69, 9.17) is 4.74 Å². The van der Waals surface area contributed by atoms with Gasteiger partial charge in [-0.1, -0.05) is 109 Å². The summed E-state index contributed by atoms with van der Waals surface area (Å²) < 4.78 is 8.92. The Morgan fingerprint density at radius 2 is 1.07 bits per heavy atom. The minimum absolute atomic E-state index is 0.894. The van der Waals surface area contributed by atoms with E-state index in [0.717, 1.165) is 22.7 Å². The lowest BCUT2D eigenvalue weighted by molar-refractivity contribution is 0.487. The van der Waals surface area contributed by atoms with Gasteiger partial charge in [0.25, 0.3) is 0 Å². The number of rotatable bonds is 3. The first kappa shape index (κ1) is 23.1. The predicted octanol–water partition coefficient (Wildman–Crippen LogP) is 11.0. The van der Waals surface area contributed by atoms with Crippen LogP contribution in [0.2, 0.25) is 0 Å². The standard InChI is InChI=1S/C40H25NO/c1-3-11-26(12-4-1)29-22-24-38-40-31(29)17-9-18-32(40)34-25-27(21-23-37(34)42-38)30-16-10-20-36-39(30)33-15-7-8-19-35(33)41(36)28-13-5-2-6-14-28/h1-25H. The number of hydrogen-bond donors (Lipinski definition) is 0. The van der Waals surface area contributed by atoms with Crippen LogP contribution in [-0.4, -0.2) is 4.57 Å². The molecular formula is C40H25NO. The molecule has 7 aromatic carbocycles. The van der Waals surface area contributed by atoms with E-state index < -0.39 is 0 Å². The second-order valence-corrected chi connectivity index (χ2v) is 10.9. The Kier molecular flexibility index (Phi) is 4.93. The van der Waals surface area contributed by atoms with Gasteiger partial charge in [0.1, 0.15) is 11.5 Å². The number of ether oxygens (including phenoxy) is 1. The molecule has 0 bridgehead atoms. The van der Waals surface area contributed by atoms with Crippen LogP contribution in [0.15, 0.2) is 152 Å². The summed E-state index contributed by atoms with van der Waals surface area (Å²) in [5, 5.41) is 4.89. The molecule has 0 fully saturated rings. The summed E-state index contributed by atoms with van der Waals surface area (Å²) in [6.07, 6.45) is 0. The molecule has 196 valence electrons. The predicted molar refractivity (Wildman–Crippen MR) is 175 cm³/mol. The Hall–Kier alpha value is -5.60. The van der Waals surface area contributed by atoms with Gasteiger partial charge in [-0.3, -0.25) is 0 Å². The van der Waals surface area contributed by atoms with E-state index in [1.54, 1.807) is 0 Å². The monoisotopic (exact) mass is 535 g/mol. The molecule has 42 heavy (non-hydrogen) atoms. The SMILES string of the molecule is c1ccc(-c2ccc3c4c(cccc24)-c2cc(-c4cccc5c4c4ccccc4n5-c4ccccc4)ccc2O3)cc1. The van der Waals surface area contributed by atoms with Crippen LogP contribution in [0.4, 0.5) is 0 Å². The highest BCUT2D eigenvalue weighted by Gasteiger charge is 2.23. The van der Waals surface area contributed by atoms with Crippen molar-refractivity contribution in [3.63, 3.8) is 0 Å². The molecule has 2 heterocycles. The zero-order valence-electron chi connectivity index (χ0n) is 22.8. The lowest BCUT2D eigenvalue weighted by Crippen LogP contribution is -1.98. The summed E-state index contributed by atoms with van der Waals surface area (Å²) in [6, 6.07) is 54.1. The van der Waals surface area contributed by atoms with Crippen LogP contribution in [0, 0.1) is 0 Å². The number of benzene rings is 7. The summed E-state index contributed by atoms with van der Waals surface area (Å²) in [5.74, 6) is 1.80. The van der Waals surface area contributed by atoms with Gasteiger partial charge in [0, 0.05) is 27.4 Å². The first-order valence-corrected chi connectivity index (χ1v) is 14.4. The lowest BCUT2D eigenvalue weighted by atomic mass is 9.89. The third-order valence-corrected chi connectivity index (χ3v) is 8.60. The van der Waals surface area contributed by atoms with Crippen LogP contribution in [0.25, 0.3) is 71.6 Å². The summed E-state index contributed by atoms with van der Waals surface area (Å²) in [4.78, 5) is 0. The third-order valence-electron chi connectivity index (χ3n) is 8.60. The van der Waals surface area contributed by atoms with Crippen molar-refractivity contribution in [3.8, 4) is 50.6 Å². The van der Waals surface area contributed by atoms with Gasteiger partial charge in [-0.15, -0.1) is 0 Å². The molecule has 0 radical (unpaired) electrons. The quantitative estimate of drug-likeness (QED) is 0.219. The summed E-state index contributed by atoms with van der Waals surface area (Å²) in [5.41, 5.74) is 10.7. The van der Waals surface area contributed by atoms with E-state index in [9.17, 15) is 0 Å². The molecule has 8 aromatic rings.